The third kappa shape index (κ3) is 7.66. The number of ether oxygens (including phenoxy) is 4. The van der Waals surface area contributed by atoms with Gasteiger partial charge in [-0.25, -0.2) is 0 Å². The van der Waals surface area contributed by atoms with E-state index in [2.05, 4.69) is 11.7 Å². The molecule has 0 saturated heterocycles. The van der Waals surface area contributed by atoms with Crippen molar-refractivity contribution in [1.82, 2.24) is 0 Å². The molecule has 5 atom stereocenters. The fourth-order valence-corrected chi connectivity index (χ4v) is 4.88. The van der Waals surface area contributed by atoms with E-state index >= 15 is 0 Å². The van der Waals surface area contributed by atoms with Crippen molar-refractivity contribution in [3.05, 3.63) is 41.7 Å². The molecule has 0 N–H and O–H groups in total. The van der Waals surface area contributed by atoms with Crippen LogP contribution in [0.5, 0.6) is 5.75 Å². The molecule has 0 unspecified atom stereocenters. The summed E-state index contributed by atoms with van der Waals surface area (Å²) in [7, 11) is 4.61. The third-order valence-corrected chi connectivity index (χ3v) is 7.25. The molecule has 0 saturated carbocycles. The van der Waals surface area contributed by atoms with Crippen LogP contribution in [0, 0.1) is 23.2 Å². The molecule has 1 aromatic rings. The second-order valence-corrected chi connectivity index (χ2v) is 10.5. The summed E-state index contributed by atoms with van der Waals surface area (Å²) in [6.45, 7) is 9.74. The lowest BCUT2D eigenvalue weighted by Gasteiger charge is -2.39. The number of carbonyl (C=O) groups excluding carboxylic acids is 3. The summed E-state index contributed by atoms with van der Waals surface area (Å²) in [6, 6.07) is 7.86. The average molecular weight is 503 g/mol. The highest BCUT2D eigenvalue weighted by Crippen LogP contribution is 2.41. The van der Waals surface area contributed by atoms with E-state index in [1.54, 1.807) is 27.2 Å². The van der Waals surface area contributed by atoms with Gasteiger partial charge in [-0.05, 0) is 42.9 Å². The van der Waals surface area contributed by atoms with Gasteiger partial charge in [-0.1, -0.05) is 46.8 Å². The molecule has 7 heteroatoms. The summed E-state index contributed by atoms with van der Waals surface area (Å²) in [4.78, 5) is 36.9. The molecule has 7 nitrogen and oxygen atoms in total. The smallest absolute Gasteiger partial charge is 0.313 e. The predicted octanol–water partition coefficient (Wildman–Crippen LogP) is 5.47. The number of hydrogen-bond acceptors (Lipinski definition) is 7. The first-order valence-corrected chi connectivity index (χ1v) is 12.6. The summed E-state index contributed by atoms with van der Waals surface area (Å²) in [6.07, 6.45) is 2.99. The largest absolute Gasteiger partial charge is 0.497 e. The van der Waals surface area contributed by atoms with E-state index in [0.29, 0.717) is 12.2 Å². The van der Waals surface area contributed by atoms with E-state index in [0.717, 1.165) is 24.2 Å². The Hall–Kier alpha value is -2.67. The molecule has 200 valence electrons. The molecule has 0 spiro atoms. The second kappa shape index (κ2) is 13.0. The van der Waals surface area contributed by atoms with Gasteiger partial charge in [0, 0.05) is 24.5 Å². The molecular formula is C29H42O7. The Labute approximate surface area is 215 Å². The molecular weight excluding hydrogens is 460 g/mol. The van der Waals surface area contributed by atoms with Gasteiger partial charge in [0.15, 0.2) is 5.78 Å². The molecule has 0 bridgehead atoms. The lowest BCUT2D eigenvalue weighted by atomic mass is 9.76. The Kier molecular flexibility index (Phi) is 10.7. The van der Waals surface area contributed by atoms with Gasteiger partial charge in [0.2, 0.25) is 0 Å². The van der Waals surface area contributed by atoms with Crippen LogP contribution in [0.2, 0.25) is 0 Å². The zero-order valence-corrected chi connectivity index (χ0v) is 23.0. The third-order valence-electron chi connectivity index (χ3n) is 7.25. The molecule has 36 heavy (non-hydrogen) atoms. The standard InChI is InChI=1S/C29H42O7/c1-18(12-13-25(34-7)21-10-9-11-22(14-21)33-6)28-20(3)24(31)15-26(36-28)29(4,5)17-19(2)23(30)16-27(32)35-8/h9-11,14-15,18-20,25,28H,12-13,16-17H2,1-8H3/t18-,19+,20-,25-,28+/m0/s1. The summed E-state index contributed by atoms with van der Waals surface area (Å²) in [5.74, 6) is 0.147. The number of hydrogen-bond donors (Lipinski definition) is 0. The van der Waals surface area contributed by atoms with Crippen molar-refractivity contribution >= 4 is 17.5 Å². The van der Waals surface area contributed by atoms with Gasteiger partial charge < -0.3 is 18.9 Å². The van der Waals surface area contributed by atoms with Gasteiger partial charge in [-0.15, -0.1) is 0 Å². The molecule has 1 heterocycles. The van der Waals surface area contributed by atoms with Crippen LogP contribution in [0.25, 0.3) is 0 Å². The molecule has 2 rings (SSSR count). The van der Waals surface area contributed by atoms with Gasteiger partial charge in [0.05, 0.1) is 26.2 Å². The molecule has 0 aromatic heterocycles. The normalized spacial score (nSPS) is 20.6. The Balaban J connectivity index is 2.08. The van der Waals surface area contributed by atoms with Crippen LogP contribution in [-0.2, 0) is 28.6 Å². The van der Waals surface area contributed by atoms with E-state index in [1.165, 1.54) is 7.11 Å². The highest BCUT2D eigenvalue weighted by Gasteiger charge is 2.40. The average Bonchev–Trinajstić information content (AvgIpc) is 2.85. The van der Waals surface area contributed by atoms with Crippen molar-refractivity contribution in [3.8, 4) is 5.75 Å². The summed E-state index contributed by atoms with van der Waals surface area (Å²) >= 11 is 0. The maximum Gasteiger partial charge on any atom is 0.313 e. The molecule has 1 aliphatic heterocycles. The van der Waals surface area contributed by atoms with E-state index in [9.17, 15) is 14.4 Å². The van der Waals surface area contributed by atoms with Crippen LogP contribution in [0.3, 0.4) is 0 Å². The Morgan fingerprint density at radius 3 is 2.42 bits per heavy atom. The molecule has 1 aromatic carbocycles. The SMILES string of the molecule is COC(=O)CC(=O)[C@H](C)CC(C)(C)C1=CC(=O)[C@H](C)[C@@H]([C@@H](C)CC[C@H](OC)c2cccc(OC)c2)O1. The van der Waals surface area contributed by atoms with Crippen LogP contribution in [0.1, 0.15) is 72.0 Å². The van der Waals surface area contributed by atoms with Crippen LogP contribution in [-0.4, -0.2) is 45.0 Å². The minimum absolute atomic E-state index is 0.0332. The summed E-state index contributed by atoms with van der Waals surface area (Å²) in [5, 5.41) is 0. The lowest BCUT2D eigenvalue weighted by Crippen LogP contribution is -2.40. The quantitative estimate of drug-likeness (QED) is 0.261. The molecule has 0 fully saturated rings. The van der Waals surface area contributed by atoms with Gasteiger partial charge in [-0.3, -0.25) is 14.4 Å². The first-order valence-electron chi connectivity index (χ1n) is 12.6. The number of allylic oxidation sites excluding steroid dienone is 2. The number of rotatable bonds is 13. The fraction of sp³-hybridized carbons (Fsp3) is 0.621. The van der Waals surface area contributed by atoms with Gasteiger partial charge in [-0.2, -0.15) is 0 Å². The van der Waals surface area contributed by atoms with Crippen molar-refractivity contribution in [1.29, 1.82) is 0 Å². The molecule has 0 radical (unpaired) electrons. The highest BCUT2D eigenvalue weighted by atomic mass is 16.5. The minimum Gasteiger partial charge on any atom is -0.497 e. The molecule has 0 amide bonds. The van der Waals surface area contributed by atoms with Gasteiger partial charge >= 0.3 is 5.97 Å². The minimum atomic E-state index is -0.547. The second-order valence-electron chi connectivity index (χ2n) is 10.5. The van der Waals surface area contributed by atoms with E-state index in [4.69, 9.17) is 14.2 Å². The fourth-order valence-electron chi connectivity index (χ4n) is 4.88. The number of ketones is 2. The van der Waals surface area contributed by atoms with Gasteiger partial charge in [0.25, 0.3) is 0 Å². The topological polar surface area (TPSA) is 88.1 Å². The monoisotopic (exact) mass is 502 g/mol. The van der Waals surface area contributed by atoms with Crippen molar-refractivity contribution in [2.45, 2.75) is 72.5 Å². The summed E-state index contributed by atoms with van der Waals surface area (Å²) in [5.41, 5.74) is 0.499. The van der Waals surface area contributed by atoms with Crippen molar-refractivity contribution in [2.75, 3.05) is 21.3 Å². The van der Waals surface area contributed by atoms with Crippen LogP contribution in [0.15, 0.2) is 36.1 Å². The Morgan fingerprint density at radius 2 is 1.81 bits per heavy atom. The predicted molar refractivity (Wildman–Crippen MR) is 137 cm³/mol. The van der Waals surface area contributed by atoms with E-state index in [1.807, 2.05) is 45.0 Å². The number of carbonyl (C=O) groups is 3. The number of Topliss-reactive ketones (excluding diaryl/α,β-unsaturated/α-hetero) is 1. The van der Waals surface area contributed by atoms with Crippen LogP contribution < -0.4 is 4.74 Å². The first kappa shape index (κ1) is 29.6. The van der Waals surface area contributed by atoms with E-state index < -0.39 is 11.4 Å². The molecule has 0 aliphatic carbocycles. The Bertz CT molecular complexity index is 949. The van der Waals surface area contributed by atoms with Crippen molar-refractivity contribution in [3.63, 3.8) is 0 Å². The maximum atomic E-state index is 12.9. The Morgan fingerprint density at radius 1 is 1.11 bits per heavy atom. The van der Waals surface area contributed by atoms with Gasteiger partial charge in [0.1, 0.15) is 29.8 Å². The van der Waals surface area contributed by atoms with Crippen molar-refractivity contribution < 1.29 is 33.3 Å². The van der Waals surface area contributed by atoms with Crippen molar-refractivity contribution in [2.24, 2.45) is 23.2 Å². The molecule has 1 aliphatic rings. The zero-order chi connectivity index (χ0) is 27.0. The zero-order valence-electron chi connectivity index (χ0n) is 23.0. The first-order chi connectivity index (χ1) is 16.9. The highest BCUT2D eigenvalue weighted by molar-refractivity contribution is 5.96. The summed E-state index contributed by atoms with van der Waals surface area (Å²) < 4.78 is 22.2. The number of benzene rings is 1. The van der Waals surface area contributed by atoms with Crippen LogP contribution >= 0.6 is 0 Å². The van der Waals surface area contributed by atoms with E-state index in [-0.39, 0.29) is 47.9 Å². The number of esters is 1. The van der Waals surface area contributed by atoms with Crippen LogP contribution in [0.4, 0.5) is 0 Å². The number of methoxy groups -OCH3 is 3. The maximum absolute atomic E-state index is 12.9. The lowest BCUT2D eigenvalue weighted by molar-refractivity contribution is -0.144.